The maximum atomic E-state index is 12.9. The van der Waals surface area contributed by atoms with Crippen molar-refractivity contribution in [1.29, 1.82) is 0 Å². The van der Waals surface area contributed by atoms with Gasteiger partial charge in [-0.1, -0.05) is 53.6 Å². The highest BCUT2D eigenvalue weighted by Gasteiger charge is 2.41. The fraction of sp³-hybridized carbons (Fsp3) is 0.211. The maximum Gasteiger partial charge on any atom is 0.330 e. The second kappa shape index (κ2) is 7.07. The van der Waals surface area contributed by atoms with Crippen LogP contribution in [0, 0.1) is 6.92 Å². The first-order valence-corrected chi connectivity index (χ1v) is 8.17. The van der Waals surface area contributed by atoms with Crippen molar-refractivity contribution in [2.45, 2.75) is 18.9 Å². The molecule has 0 saturated heterocycles. The van der Waals surface area contributed by atoms with Crippen molar-refractivity contribution in [3.63, 3.8) is 0 Å². The molecule has 0 amide bonds. The van der Waals surface area contributed by atoms with Crippen molar-refractivity contribution in [3.05, 3.63) is 70.2 Å². The predicted molar refractivity (Wildman–Crippen MR) is 96.1 cm³/mol. The van der Waals surface area contributed by atoms with Gasteiger partial charge in [0.05, 0.1) is 13.0 Å². The number of hydrogen-bond donors (Lipinski definition) is 1. The molecule has 2 aromatic rings. The number of carbonyl (C=O) groups is 2. The number of ether oxygens (including phenoxy) is 1. The number of methoxy groups -OCH3 is 1. The topological polar surface area (TPSA) is 67.8 Å². The number of ketones is 1. The minimum atomic E-state index is -0.754. The number of rotatable bonds is 4. The van der Waals surface area contributed by atoms with Crippen LogP contribution in [0.25, 0.3) is 0 Å². The van der Waals surface area contributed by atoms with E-state index in [1.807, 2.05) is 19.1 Å². The summed E-state index contributed by atoms with van der Waals surface area (Å²) in [5, 5.41) is 4.72. The minimum Gasteiger partial charge on any atom is -0.467 e. The van der Waals surface area contributed by atoms with Crippen LogP contribution in [0.3, 0.4) is 0 Å². The van der Waals surface area contributed by atoms with Gasteiger partial charge in [0.1, 0.15) is 5.71 Å². The minimum absolute atomic E-state index is 0.223. The maximum absolute atomic E-state index is 12.9. The Hall–Kier alpha value is -2.66. The van der Waals surface area contributed by atoms with E-state index in [9.17, 15) is 9.59 Å². The average molecular weight is 357 g/mol. The lowest BCUT2D eigenvalue weighted by Gasteiger charge is -2.19. The van der Waals surface area contributed by atoms with Crippen molar-refractivity contribution in [1.82, 2.24) is 5.43 Å². The Kier molecular flexibility index (Phi) is 4.86. The van der Waals surface area contributed by atoms with Crippen LogP contribution in [-0.2, 0) is 9.53 Å². The zero-order valence-corrected chi connectivity index (χ0v) is 14.6. The Balaban J connectivity index is 1.99. The summed E-state index contributed by atoms with van der Waals surface area (Å²) in [7, 11) is 1.31. The molecule has 1 aliphatic heterocycles. The largest absolute Gasteiger partial charge is 0.467 e. The van der Waals surface area contributed by atoms with Crippen molar-refractivity contribution in [3.8, 4) is 0 Å². The molecular formula is C19H17ClN2O3. The van der Waals surface area contributed by atoms with Crippen LogP contribution in [0.15, 0.2) is 53.6 Å². The van der Waals surface area contributed by atoms with Crippen molar-refractivity contribution >= 4 is 29.1 Å². The molecule has 0 bridgehead atoms. The highest BCUT2D eigenvalue weighted by Crippen LogP contribution is 2.29. The number of aryl methyl sites for hydroxylation is 1. The number of halogens is 1. The Morgan fingerprint density at radius 2 is 1.72 bits per heavy atom. The molecule has 5 nitrogen and oxygen atoms in total. The molecule has 0 radical (unpaired) electrons. The van der Waals surface area contributed by atoms with Crippen LogP contribution >= 0.6 is 11.6 Å². The third-order valence-electron chi connectivity index (χ3n) is 4.18. The smallest absolute Gasteiger partial charge is 0.330 e. The second-order valence-electron chi connectivity index (χ2n) is 5.85. The number of Topliss-reactive ketones (excluding diaryl/α,β-unsaturated/α-hetero) is 1. The fourth-order valence-corrected chi connectivity index (χ4v) is 2.95. The van der Waals surface area contributed by atoms with Gasteiger partial charge in [-0.05, 0) is 24.6 Å². The molecule has 128 valence electrons. The van der Waals surface area contributed by atoms with Gasteiger partial charge in [0.15, 0.2) is 6.04 Å². The summed E-state index contributed by atoms with van der Waals surface area (Å²) in [4.78, 5) is 25.0. The molecule has 0 fully saturated rings. The van der Waals surface area contributed by atoms with Crippen LogP contribution in [0.5, 0.6) is 0 Å². The van der Waals surface area contributed by atoms with E-state index in [0.717, 1.165) is 11.1 Å². The Morgan fingerprint density at radius 3 is 2.32 bits per heavy atom. The van der Waals surface area contributed by atoms with Crippen molar-refractivity contribution in [2.24, 2.45) is 5.10 Å². The lowest BCUT2D eigenvalue weighted by atomic mass is 9.85. The van der Waals surface area contributed by atoms with E-state index in [1.54, 1.807) is 36.4 Å². The summed E-state index contributed by atoms with van der Waals surface area (Å²) in [6, 6.07) is 13.5. The standard InChI is InChI=1S/C19H17ClN2O3/c1-11-3-5-13(6-4-11)18(23)16-15(12-7-9-14(20)10-8-12)17(22-21-16)19(24)25-2/h3-10,15,17,22H,1-2H3/t15-,17+/m0/s1. The van der Waals surface area contributed by atoms with Crippen LogP contribution in [0.1, 0.15) is 27.4 Å². The van der Waals surface area contributed by atoms with E-state index in [0.29, 0.717) is 10.6 Å². The molecule has 0 unspecified atom stereocenters. The van der Waals surface area contributed by atoms with Crippen LogP contribution in [0.2, 0.25) is 5.02 Å². The Morgan fingerprint density at radius 1 is 1.08 bits per heavy atom. The molecule has 25 heavy (non-hydrogen) atoms. The summed E-state index contributed by atoms with van der Waals surface area (Å²) in [5.41, 5.74) is 5.37. The first-order chi connectivity index (χ1) is 12.0. The molecule has 0 saturated carbocycles. The Bertz CT molecular complexity index is 829. The molecule has 1 heterocycles. The highest BCUT2D eigenvalue weighted by atomic mass is 35.5. The number of esters is 1. The van der Waals surface area contributed by atoms with Gasteiger partial charge in [-0.3, -0.25) is 10.2 Å². The number of hydrogen-bond acceptors (Lipinski definition) is 5. The van der Waals surface area contributed by atoms with E-state index in [-0.39, 0.29) is 11.5 Å². The normalized spacial score (nSPS) is 19.1. The molecule has 2 aromatic carbocycles. The van der Waals surface area contributed by atoms with Gasteiger partial charge < -0.3 is 4.74 Å². The monoisotopic (exact) mass is 356 g/mol. The fourth-order valence-electron chi connectivity index (χ4n) is 2.82. The quantitative estimate of drug-likeness (QED) is 0.675. The zero-order valence-electron chi connectivity index (χ0n) is 13.8. The average Bonchev–Trinajstić information content (AvgIpc) is 3.06. The van der Waals surface area contributed by atoms with Crippen molar-refractivity contribution < 1.29 is 14.3 Å². The Labute approximate surface area is 150 Å². The first-order valence-electron chi connectivity index (χ1n) is 7.79. The van der Waals surface area contributed by atoms with Gasteiger partial charge in [0, 0.05) is 10.6 Å². The van der Waals surface area contributed by atoms with Gasteiger partial charge in [-0.15, -0.1) is 0 Å². The third-order valence-corrected chi connectivity index (χ3v) is 4.43. The summed E-state index contributed by atoms with van der Waals surface area (Å²) >= 11 is 5.95. The van der Waals surface area contributed by atoms with Crippen LogP contribution < -0.4 is 5.43 Å². The molecule has 0 aromatic heterocycles. The molecule has 0 aliphatic carbocycles. The second-order valence-corrected chi connectivity index (χ2v) is 6.29. The summed E-state index contributed by atoms with van der Waals surface area (Å²) in [5.74, 6) is -1.24. The lowest BCUT2D eigenvalue weighted by Crippen LogP contribution is -2.38. The number of nitrogens with one attached hydrogen (secondary N) is 1. The van der Waals surface area contributed by atoms with E-state index in [4.69, 9.17) is 16.3 Å². The summed E-state index contributed by atoms with van der Waals surface area (Å²) in [6.07, 6.45) is 0. The van der Waals surface area contributed by atoms with E-state index in [1.165, 1.54) is 7.11 Å². The molecule has 2 atom stereocenters. The SMILES string of the molecule is COC(=O)[C@@H]1NN=C(C(=O)c2ccc(C)cc2)[C@@H]1c1ccc(Cl)cc1. The third kappa shape index (κ3) is 3.42. The molecule has 3 rings (SSSR count). The molecular weight excluding hydrogens is 340 g/mol. The van der Waals surface area contributed by atoms with E-state index in [2.05, 4.69) is 10.5 Å². The first kappa shape index (κ1) is 17.2. The molecule has 1 N–H and O–H groups in total. The lowest BCUT2D eigenvalue weighted by molar-refractivity contribution is -0.143. The summed E-state index contributed by atoms with van der Waals surface area (Å²) in [6.45, 7) is 1.95. The van der Waals surface area contributed by atoms with Crippen LogP contribution in [-0.4, -0.2) is 30.6 Å². The van der Waals surface area contributed by atoms with E-state index >= 15 is 0 Å². The highest BCUT2D eigenvalue weighted by molar-refractivity contribution is 6.48. The van der Waals surface area contributed by atoms with Gasteiger partial charge in [-0.2, -0.15) is 5.10 Å². The van der Waals surface area contributed by atoms with Gasteiger partial charge in [0.25, 0.3) is 0 Å². The molecule has 6 heteroatoms. The van der Waals surface area contributed by atoms with Crippen LogP contribution in [0.4, 0.5) is 0 Å². The number of carbonyl (C=O) groups excluding carboxylic acids is 2. The van der Waals surface area contributed by atoms with Gasteiger partial charge in [-0.25, -0.2) is 4.79 Å². The van der Waals surface area contributed by atoms with Gasteiger partial charge in [0.2, 0.25) is 5.78 Å². The number of benzene rings is 2. The zero-order chi connectivity index (χ0) is 18.0. The number of nitrogens with zero attached hydrogens (tertiary/aromatic N) is 1. The molecule has 1 aliphatic rings. The molecule has 0 spiro atoms. The van der Waals surface area contributed by atoms with Gasteiger partial charge >= 0.3 is 5.97 Å². The summed E-state index contributed by atoms with van der Waals surface area (Å²) < 4.78 is 4.85. The predicted octanol–water partition coefficient (Wildman–Crippen LogP) is 3.12. The van der Waals surface area contributed by atoms with Crippen molar-refractivity contribution in [2.75, 3.05) is 7.11 Å². The number of hydrazone groups is 1. The van der Waals surface area contributed by atoms with E-state index < -0.39 is 17.9 Å².